The van der Waals surface area contributed by atoms with Crippen molar-refractivity contribution in [2.75, 3.05) is 6.54 Å². The molecule has 0 radical (unpaired) electrons. The summed E-state index contributed by atoms with van der Waals surface area (Å²) in [7, 11) is 0. The predicted molar refractivity (Wildman–Crippen MR) is 79.5 cm³/mol. The van der Waals surface area contributed by atoms with E-state index in [4.69, 9.17) is 0 Å². The fraction of sp³-hybridized carbons (Fsp3) is 0.462. The van der Waals surface area contributed by atoms with E-state index >= 15 is 0 Å². The third-order valence-electron chi connectivity index (χ3n) is 2.75. The molecule has 0 fully saturated rings. The maximum absolute atomic E-state index is 4.53. The van der Waals surface area contributed by atoms with Crippen LogP contribution in [-0.2, 0) is 6.54 Å². The molecule has 0 aliphatic carbocycles. The first kappa shape index (κ1) is 13.0. The van der Waals surface area contributed by atoms with Crippen LogP contribution in [-0.4, -0.2) is 17.0 Å². The zero-order valence-corrected chi connectivity index (χ0v) is 12.5. The Morgan fingerprint density at radius 3 is 3.00 bits per heavy atom. The molecule has 1 atom stereocenters. The molecule has 2 nitrogen and oxygen atoms in total. The molecule has 0 amide bonds. The highest BCUT2D eigenvalue weighted by Crippen LogP contribution is 2.26. The van der Waals surface area contributed by atoms with Gasteiger partial charge in [0.15, 0.2) is 5.17 Å². The molecule has 1 unspecified atom stereocenters. The maximum Gasteiger partial charge on any atom is 0.157 e. The molecular weight excluding hydrogens is 296 g/mol. The van der Waals surface area contributed by atoms with Crippen molar-refractivity contribution >= 4 is 32.9 Å². The fourth-order valence-electron chi connectivity index (χ4n) is 1.66. The number of amidine groups is 1. The molecule has 0 saturated heterocycles. The minimum Gasteiger partial charge on any atom is -0.361 e. The highest BCUT2D eigenvalue weighted by molar-refractivity contribution is 9.10. The number of rotatable bonds is 3. The lowest BCUT2D eigenvalue weighted by Gasteiger charge is -2.12. The quantitative estimate of drug-likeness (QED) is 0.921. The third-order valence-corrected chi connectivity index (χ3v) is 4.74. The van der Waals surface area contributed by atoms with Crippen LogP contribution in [0.3, 0.4) is 0 Å². The van der Waals surface area contributed by atoms with Crippen LogP contribution in [0.25, 0.3) is 0 Å². The fourth-order valence-corrected chi connectivity index (χ4v) is 3.12. The van der Waals surface area contributed by atoms with Crippen LogP contribution in [0.15, 0.2) is 33.7 Å². The monoisotopic (exact) mass is 312 g/mol. The number of thioether (sulfide) groups is 1. The molecule has 1 aromatic carbocycles. The molecule has 17 heavy (non-hydrogen) atoms. The van der Waals surface area contributed by atoms with Gasteiger partial charge in [-0.25, -0.2) is 0 Å². The summed E-state index contributed by atoms with van der Waals surface area (Å²) >= 11 is 5.35. The minimum absolute atomic E-state index is 0.639. The van der Waals surface area contributed by atoms with Crippen molar-refractivity contribution in [3.8, 4) is 0 Å². The largest absolute Gasteiger partial charge is 0.361 e. The number of hydrogen-bond acceptors (Lipinski definition) is 3. The Labute approximate surface area is 115 Å². The van der Waals surface area contributed by atoms with E-state index in [2.05, 4.69) is 58.3 Å². The van der Waals surface area contributed by atoms with Gasteiger partial charge in [0.25, 0.3) is 0 Å². The van der Waals surface area contributed by atoms with Crippen LogP contribution < -0.4 is 5.32 Å². The second-order valence-electron chi connectivity index (χ2n) is 4.53. The number of aliphatic imine (C=N–C) groups is 1. The first-order valence-corrected chi connectivity index (χ1v) is 7.52. The highest BCUT2D eigenvalue weighted by Gasteiger charge is 2.21. The summed E-state index contributed by atoms with van der Waals surface area (Å²) in [5.74, 6) is 0.689. The van der Waals surface area contributed by atoms with Gasteiger partial charge in [-0.2, -0.15) is 0 Å². The van der Waals surface area contributed by atoms with Crippen molar-refractivity contribution in [1.29, 1.82) is 0 Å². The number of nitrogens with zero attached hydrogens (tertiary/aromatic N) is 1. The first-order valence-electron chi connectivity index (χ1n) is 5.84. The van der Waals surface area contributed by atoms with Gasteiger partial charge in [0.2, 0.25) is 0 Å². The van der Waals surface area contributed by atoms with Crippen molar-refractivity contribution < 1.29 is 0 Å². The second-order valence-corrected chi connectivity index (χ2v) is 6.67. The topological polar surface area (TPSA) is 24.4 Å². The molecule has 4 heteroatoms. The van der Waals surface area contributed by atoms with Crippen LogP contribution >= 0.6 is 27.7 Å². The van der Waals surface area contributed by atoms with E-state index in [1.54, 1.807) is 0 Å². The first-order chi connectivity index (χ1) is 8.15. The van der Waals surface area contributed by atoms with Crippen LogP contribution in [0.4, 0.5) is 0 Å². The Bertz CT molecular complexity index is 418. The van der Waals surface area contributed by atoms with Gasteiger partial charge in [-0.05, 0) is 23.6 Å². The van der Waals surface area contributed by atoms with Gasteiger partial charge in [0.05, 0.1) is 6.54 Å². The van der Waals surface area contributed by atoms with Gasteiger partial charge in [-0.1, -0.05) is 53.7 Å². The molecule has 2 rings (SSSR count). The molecule has 1 aliphatic rings. The summed E-state index contributed by atoms with van der Waals surface area (Å²) in [6.07, 6.45) is 0. The maximum atomic E-state index is 4.53. The Balaban J connectivity index is 1.84. The summed E-state index contributed by atoms with van der Waals surface area (Å²) in [6.45, 7) is 6.30. The van der Waals surface area contributed by atoms with Crippen molar-refractivity contribution in [3.05, 3.63) is 34.3 Å². The van der Waals surface area contributed by atoms with Crippen LogP contribution in [0.5, 0.6) is 0 Å². The molecule has 0 bridgehead atoms. The van der Waals surface area contributed by atoms with E-state index in [0.717, 1.165) is 22.7 Å². The molecule has 0 spiro atoms. The second kappa shape index (κ2) is 5.91. The highest BCUT2D eigenvalue weighted by atomic mass is 79.9. The van der Waals surface area contributed by atoms with Gasteiger partial charge < -0.3 is 5.32 Å². The van der Waals surface area contributed by atoms with E-state index in [1.807, 2.05) is 17.8 Å². The van der Waals surface area contributed by atoms with Gasteiger partial charge in [-0.3, -0.25) is 4.99 Å². The Morgan fingerprint density at radius 2 is 2.35 bits per heavy atom. The Hall–Kier alpha value is -0.480. The van der Waals surface area contributed by atoms with E-state index < -0.39 is 0 Å². The van der Waals surface area contributed by atoms with Crippen molar-refractivity contribution in [2.45, 2.75) is 25.6 Å². The van der Waals surface area contributed by atoms with E-state index in [-0.39, 0.29) is 0 Å². The molecule has 1 heterocycles. The molecule has 1 aromatic rings. The minimum atomic E-state index is 0.639. The van der Waals surface area contributed by atoms with E-state index in [1.165, 1.54) is 5.56 Å². The molecule has 1 aliphatic heterocycles. The number of benzene rings is 1. The zero-order chi connectivity index (χ0) is 12.3. The summed E-state index contributed by atoms with van der Waals surface area (Å²) in [5, 5.41) is 5.13. The lowest BCUT2D eigenvalue weighted by atomic mass is 10.1. The van der Waals surface area contributed by atoms with E-state index in [0.29, 0.717) is 11.2 Å². The average molecular weight is 313 g/mol. The lowest BCUT2D eigenvalue weighted by Crippen LogP contribution is -2.19. The third kappa shape index (κ3) is 3.75. The number of halogens is 1. The Morgan fingerprint density at radius 1 is 1.53 bits per heavy atom. The standard InChI is InChI=1S/C13H17BrN2S/c1-9(2)12-8-16-13(17-12)15-7-10-4-3-5-11(14)6-10/h3-6,9,12H,7-8H2,1-2H3,(H,15,16). The molecule has 1 N–H and O–H groups in total. The van der Waals surface area contributed by atoms with Crippen molar-refractivity contribution in [3.63, 3.8) is 0 Å². The zero-order valence-electron chi connectivity index (χ0n) is 10.1. The predicted octanol–water partition coefficient (Wildman–Crippen LogP) is 3.67. The van der Waals surface area contributed by atoms with Crippen LogP contribution in [0.1, 0.15) is 19.4 Å². The molecule has 0 aromatic heterocycles. The number of hydrogen-bond donors (Lipinski definition) is 1. The average Bonchev–Trinajstić information content (AvgIpc) is 2.75. The van der Waals surface area contributed by atoms with Crippen molar-refractivity contribution in [2.24, 2.45) is 10.9 Å². The Kier molecular flexibility index (Phi) is 4.51. The summed E-state index contributed by atoms with van der Waals surface area (Å²) in [4.78, 5) is 4.53. The van der Waals surface area contributed by atoms with Crippen molar-refractivity contribution in [1.82, 2.24) is 5.32 Å². The van der Waals surface area contributed by atoms with Gasteiger partial charge >= 0.3 is 0 Å². The van der Waals surface area contributed by atoms with Gasteiger partial charge in [0.1, 0.15) is 0 Å². The summed E-state index contributed by atoms with van der Waals surface area (Å²) < 4.78 is 1.12. The SMILES string of the molecule is CC(C)C1CN=C(NCc2cccc(Br)c2)S1. The molecule has 0 saturated carbocycles. The van der Waals surface area contributed by atoms with Crippen LogP contribution in [0, 0.1) is 5.92 Å². The summed E-state index contributed by atoms with van der Waals surface area (Å²) in [6, 6.07) is 8.35. The van der Waals surface area contributed by atoms with E-state index in [9.17, 15) is 0 Å². The number of nitrogens with one attached hydrogen (secondary N) is 1. The smallest absolute Gasteiger partial charge is 0.157 e. The van der Waals surface area contributed by atoms with Crippen LogP contribution in [0.2, 0.25) is 0 Å². The molecular formula is C13H17BrN2S. The van der Waals surface area contributed by atoms with Gasteiger partial charge in [-0.15, -0.1) is 0 Å². The lowest BCUT2D eigenvalue weighted by molar-refractivity contribution is 0.621. The molecule has 92 valence electrons. The normalized spacial score (nSPS) is 19.5. The van der Waals surface area contributed by atoms with Gasteiger partial charge in [0, 0.05) is 16.3 Å². The summed E-state index contributed by atoms with van der Waals surface area (Å²) in [5.41, 5.74) is 1.27.